The average Bonchev–Trinajstić information content (AvgIpc) is 3.09. The van der Waals surface area contributed by atoms with Crippen molar-refractivity contribution < 1.29 is 14.3 Å². The van der Waals surface area contributed by atoms with Gasteiger partial charge in [-0.2, -0.15) is 0 Å². The minimum absolute atomic E-state index is 0.177. The molecule has 1 atom stereocenters. The Morgan fingerprint density at radius 2 is 1.97 bits per heavy atom. The second kappa shape index (κ2) is 8.19. The number of benzene rings is 1. The quantitative estimate of drug-likeness (QED) is 0.485. The van der Waals surface area contributed by atoms with Crippen molar-refractivity contribution in [3.8, 4) is 0 Å². The van der Waals surface area contributed by atoms with E-state index in [1.165, 1.54) is 25.2 Å². The Kier molecular flexibility index (Phi) is 5.96. The summed E-state index contributed by atoms with van der Waals surface area (Å²) in [4.78, 5) is 28.7. The fourth-order valence-electron chi connectivity index (χ4n) is 3.50. The van der Waals surface area contributed by atoms with Gasteiger partial charge in [0.25, 0.3) is 11.8 Å². The molecule has 2 heterocycles. The van der Waals surface area contributed by atoms with Crippen LogP contribution >= 0.6 is 0 Å². The van der Waals surface area contributed by atoms with Gasteiger partial charge in [0.05, 0.1) is 0 Å². The van der Waals surface area contributed by atoms with Gasteiger partial charge >= 0.3 is 0 Å². The van der Waals surface area contributed by atoms with Crippen molar-refractivity contribution in [3.05, 3.63) is 65.0 Å². The fourth-order valence-corrected chi connectivity index (χ4v) is 3.50. The van der Waals surface area contributed by atoms with Crippen molar-refractivity contribution in [1.29, 1.82) is 0 Å². The predicted molar refractivity (Wildman–Crippen MR) is 124 cm³/mol. The largest absolute Gasteiger partial charge is 0.357 e. The monoisotopic (exact) mass is 421 g/mol. The molecule has 3 rings (SSSR count). The number of H-pyrrole nitrogens is 1. The molecule has 1 aliphatic heterocycles. The van der Waals surface area contributed by atoms with Crippen LogP contribution in [0.4, 0.5) is 0 Å². The third-order valence-corrected chi connectivity index (χ3v) is 5.78. The van der Waals surface area contributed by atoms with E-state index in [-0.39, 0.29) is 11.1 Å². The second-order valence-electron chi connectivity index (χ2n) is 8.91. The molecule has 1 aliphatic rings. The first-order valence-corrected chi connectivity index (χ1v) is 10.3. The Hall–Kier alpha value is -3.12. The number of methoxy groups -OCH3 is 1. The van der Waals surface area contributed by atoms with E-state index in [0.29, 0.717) is 0 Å². The number of fused-ring (bicyclic) bond motifs is 1. The van der Waals surface area contributed by atoms with Gasteiger partial charge in [0.2, 0.25) is 5.72 Å². The van der Waals surface area contributed by atoms with Gasteiger partial charge in [0, 0.05) is 34.7 Å². The van der Waals surface area contributed by atoms with Crippen molar-refractivity contribution in [2.45, 2.75) is 52.2 Å². The molecule has 0 radical (unpaired) electrons. The number of nitrogens with one attached hydrogen (secondary N) is 3. The molecule has 0 spiro atoms. The van der Waals surface area contributed by atoms with Crippen LogP contribution in [0.1, 0.15) is 51.4 Å². The standard InChI is InChI=1S/C25H31N3O3/c1-8-24(4,5)21-18(14-20-22(29)28-25(6,31-7)23(30)27-20)17-13-16(10-9-15(2)3)11-12-19(17)26-21/h8-9,11-14,26H,1,10H2,2-7H3,(H,27,30)(H,28,29)/b20-14-. The van der Waals surface area contributed by atoms with E-state index in [9.17, 15) is 9.59 Å². The summed E-state index contributed by atoms with van der Waals surface area (Å²) in [7, 11) is 1.38. The van der Waals surface area contributed by atoms with Crippen molar-refractivity contribution in [2.24, 2.45) is 0 Å². The summed E-state index contributed by atoms with van der Waals surface area (Å²) in [6.07, 6.45) is 6.60. The minimum atomic E-state index is -1.39. The van der Waals surface area contributed by atoms with Crippen LogP contribution in [0.3, 0.4) is 0 Å². The highest BCUT2D eigenvalue weighted by molar-refractivity contribution is 6.09. The number of hydrogen-bond donors (Lipinski definition) is 3. The number of allylic oxidation sites excluding steroid dienone is 3. The SMILES string of the molecule is C=CC(C)(C)c1[nH]c2ccc(CC=C(C)C)cc2c1/C=C1\NC(=O)C(C)(OC)NC1=O. The van der Waals surface area contributed by atoms with Gasteiger partial charge < -0.3 is 20.4 Å². The van der Waals surface area contributed by atoms with E-state index < -0.39 is 17.5 Å². The topological polar surface area (TPSA) is 83.2 Å². The first-order valence-electron chi connectivity index (χ1n) is 10.3. The summed E-state index contributed by atoms with van der Waals surface area (Å²) in [5.41, 5.74) is 3.57. The summed E-state index contributed by atoms with van der Waals surface area (Å²) in [5.74, 6) is -0.823. The van der Waals surface area contributed by atoms with Gasteiger partial charge in [-0.3, -0.25) is 9.59 Å². The van der Waals surface area contributed by atoms with Crippen molar-refractivity contribution in [1.82, 2.24) is 15.6 Å². The first kappa shape index (κ1) is 22.6. The second-order valence-corrected chi connectivity index (χ2v) is 8.91. The van der Waals surface area contributed by atoms with Crippen molar-refractivity contribution in [2.75, 3.05) is 7.11 Å². The minimum Gasteiger partial charge on any atom is -0.357 e. The molecular formula is C25H31N3O3. The average molecular weight is 422 g/mol. The van der Waals surface area contributed by atoms with Crippen LogP contribution in [-0.4, -0.2) is 29.6 Å². The molecule has 2 aromatic rings. The highest BCUT2D eigenvalue weighted by Crippen LogP contribution is 2.35. The lowest BCUT2D eigenvalue weighted by molar-refractivity contribution is -0.153. The predicted octanol–water partition coefficient (Wildman–Crippen LogP) is 4.09. The van der Waals surface area contributed by atoms with E-state index in [0.717, 1.165) is 28.6 Å². The number of carbonyl (C=O) groups is 2. The fraction of sp³-hybridized carbons (Fsp3) is 0.360. The number of hydrogen-bond acceptors (Lipinski definition) is 3. The van der Waals surface area contributed by atoms with E-state index in [4.69, 9.17) is 4.74 Å². The lowest BCUT2D eigenvalue weighted by atomic mass is 9.86. The number of aromatic amines is 1. The van der Waals surface area contributed by atoms with Crippen LogP contribution in [0.2, 0.25) is 0 Å². The maximum Gasteiger partial charge on any atom is 0.277 e. The molecule has 164 valence electrons. The van der Waals surface area contributed by atoms with Crippen molar-refractivity contribution >= 4 is 28.8 Å². The van der Waals surface area contributed by atoms with E-state index in [1.807, 2.05) is 6.08 Å². The lowest BCUT2D eigenvalue weighted by Crippen LogP contribution is -2.63. The molecule has 1 aromatic heterocycles. The molecule has 1 fully saturated rings. The van der Waals surface area contributed by atoms with E-state index in [2.05, 4.69) is 74.2 Å². The third kappa shape index (κ3) is 4.35. The maximum atomic E-state index is 12.7. The van der Waals surface area contributed by atoms with Crippen LogP contribution < -0.4 is 10.6 Å². The number of carbonyl (C=O) groups excluding carboxylic acids is 2. The Labute approximate surface area is 183 Å². The van der Waals surface area contributed by atoms with Gasteiger partial charge in [0.15, 0.2) is 0 Å². The number of rotatable bonds is 6. The number of amides is 2. The Morgan fingerprint density at radius 3 is 2.58 bits per heavy atom. The summed E-state index contributed by atoms with van der Waals surface area (Å²) in [6.45, 7) is 13.8. The zero-order valence-corrected chi connectivity index (χ0v) is 19.1. The third-order valence-electron chi connectivity index (χ3n) is 5.78. The molecule has 2 amide bonds. The van der Waals surface area contributed by atoms with Gasteiger partial charge in [-0.25, -0.2) is 0 Å². The first-order chi connectivity index (χ1) is 14.5. The summed E-state index contributed by atoms with van der Waals surface area (Å²) in [5, 5.41) is 6.32. The molecule has 6 heteroatoms. The summed E-state index contributed by atoms with van der Waals surface area (Å²) < 4.78 is 5.18. The zero-order valence-electron chi connectivity index (χ0n) is 19.1. The van der Waals surface area contributed by atoms with Gasteiger partial charge in [-0.05, 0) is 51.0 Å². The van der Waals surface area contributed by atoms with Crippen LogP contribution in [-0.2, 0) is 26.2 Å². The molecule has 1 unspecified atom stereocenters. The van der Waals surface area contributed by atoms with Crippen LogP contribution in [0.25, 0.3) is 17.0 Å². The van der Waals surface area contributed by atoms with E-state index >= 15 is 0 Å². The lowest BCUT2D eigenvalue weighted by Gasteiger charge is -2.33. The molecule has 0 saturated carbocycles. The summed E-state index contributed by atoms with van der Waals surface area (Å²) in [6, 6.07) is 6.27. The molecule has 0 bridgehead atoms. The Balaban J connectivity index is 2.17. The molecular weight excluding hydrogens is 390 g/mol. The van der Waals surface area contributed by atoms with Crippen LogP contribution in [0, 0.1) is 0 Å². The highest BCUT2D eigenvalue weighted by Gasteiger charge is 2.41. The highest BCUT2D eigenvalue weighted by atomic mass is 16.5. The molecule has 1 saturated heterocycles. The summed E-state index contributed by atoms with van der Waals surface area (Å²) >= 11 is 0. The van der Waals surface area contributed by atoms with Crippen LogP contribution in [0.15, 0.2) is 48.2 Å². The zero-order chi connectivity index (χ0) is 23.0. The maximum absolute atomic E-state index is 12.7. The van der Waals surface area contributed by atoms with Gasteiger partial charge in [-0.15, -0.1) is 6.58 Å². The molecule has 31 heavy (non-hydrogen) atoms. The normalized spacial score (nSPS) is 20.5. The van der Waals surface area contributed by atoms with Gasteiger partial charge in [0.1, 0.15) is 5.70 Å². The Bertz CT molecular complexity index is 1120. The van der Waals surface area contributed by atoms with Crippen LogP contribution in [0.5, 0.6) is 0 Å². The van der Waals surface area contributed by atoms with E-state index in [1.54, 1.807) is 6.08 Å². The molecule has 0 aliphatic carbocycles. The number of aromatic nitrogens is 1. The number of ether oxygens (including phenoxy) is 1. The molecule has 6 nitrogen and oxygen atoms in total. The molecule has 3 N–H and O–H groups in total. The van der Waals surface area contributed by atoms with Gasteiger partial charge in [-0.1, -0.05) is 37.6 Å². The molecule has 1 aromatic carbocycles. The number of piperazine rings is 1. The Morgan fingerprint density at radius 1 is 1.26 bits per heavy atom. The van der Waals surface area contributed by atoms with Crippen molar-refractivity contribution in [3.63, 3.8) is 0 Å². The smallest absolute Gasteiger partial charge is 0.277 e.